The normalized spacial score (nSPS) is 18.2. The maximum absolute atomic E-state index is 13.0. The molecular formula is C31H34N4O3. The number of hydrogen-bond donors (Lipinski definition) is 2. The standard InChI is InChI=1S/C31H34N4O3/c1-21(23-7-6-8-26(17-23)38-2)33-30(36)24-11-14-29-27(18-24)28(31(37)34-29)19-32-25-12-9-22(10-13-25)20-35-15-4-3-5-16-35/h6-14,17-19,21,28H,3-5,15-16,20H2,1-2H3,(H,33,36)(H,34,37)/t21-,28?/m1/s1. The Bertz CT molecular complexity index is 1330. The first-order valence-corrected chi connectivity index (χ1v) is 13.3. The van der Waals surface area contributed by atoms with Crippen LogP contribution in [0.2, 0.25) is 0 Å². The first kappa shape index (κ1) is 25.7. The van der Waals surface area contributed by atoms with Gasteiger partial charge in [0.1, 0.15) is 11.7 Å². The number of piperidine rings is 1. The van der Waals surface area contributed by atoms with Gasteiger partial charge in [0.2, 0.25) is 5.91 Å². The van der Waals surface area contributed by atoms with Gasteiger partial charge >= 0.3 is 0 Å². The summed E-state index contributed by atoms with van der Waals surface area (Å²) in [6, 6.07) is 20.9. The topological polar surface area (TPSA) is 83.0 Å². The number of nitrogens with one attached hydrogen (secondary N) is 2. The third-order valence-electron chi connectivity index (χ3n) is 7.29. The minimum atomic E-state index is -0.554. The van der Waals surface area contributed by atoms with Gasteiger partial charge < -0.3 is 15.4 Å². The molecule has 2 atom stereocenters. The summed E-state index contributed by atoms with van der Waals surface area (Å²) in [5, 5.41) is 5.94. The molecule has 1 saturated heterocycles. The van der Waals surface area contributed by atoms with Gasteiger partial charge in [-0.25, -0.2) is 0 Å². The molecule has 2 aliphatic rings. The molecule has 3 aromatic carbocycles. The van der Waals surface area contributed by atoms with E-state index in [1.165, 1.54) is 24.8 Å². The quantitative estimate of drug-likeness (QED) is 0.386. The van der Waals surface area contributed by atoms with Crippen molar-refractivity contribution < 1.29 is 14.3 Å². The Balaban J connectivity index is 1.26. The van der Waals surface area contributed by atoms with Crippen LogP contribution >= 0.6 is 0 Å². The van der Waals surface area contributed by atoms with Gasteiger partial charge in [0, 0.05) is 24.0 Å². The van der Waals surface area contributed by atoms with Crippen LogP contribution in [0.3, 0.4) is 0 Å². The number of carbonyl (C=O) groups is 2. The van der Waals surface area contributed by atoms with Crippen molar-refractivity contribution in [1.82, 2.24) is 10.2 Å². The molecule has 1 unspecified atom stereocenters. The predicted molar refractivity (Wildman–Crippen MR) is 150 cm³/mol. The highest BCUT2D eigenvalue weighted by molar-refractivity contribution is 6.13. The van der Waals surface area contributed by atoms with Crippen LogP contribution in [0, 0.1) is 0 Å². The van der Waals surface area contributed by atoms with Crippen molar-refractivity contribution >= 4 is 29.4 Å². The van der Waals surface area contributed by atoms with E-state index in [2.05, 4.69) is 32.7 Å². The van der Waals surface area contributed by atoms with Crippen molar-refractivity contribution in [1.29, 1.82) is 0 Å². The molecule has 2 N–H and O–H groups in total. The molecule has 0 spiro atoms. The third kappa shape index (κ3) is 5.94. The molecule has 2 aliphatic heterocycles. The number of methoxy groups -OCH3 is 1. The highest BCUT2D eigenvalue weighted by atomic mass is 16.5. The summed E-state index contributed by atoms with van der Waals surface area (Å²) in [6.45, 7) is 5.22. The van der Waals surface area contributed by atoms with E-state index in [-0.39, 0.29) is 17.9 Å². The van der Waals surface area contributed by atoms with E-state index in [0.29, 0.717) is 11.3 Å². The lowest BCUT2D eigenvalue weighted by Gasteiger charge is -2.26. The van der Waals surface area contributed by atoms with E-state index in [9.17, 15) is 9.59 Å². The zero-order valence-electron chi connectivity index (χ0n) is 21.9. The lowest BCUT2D eigenvalue weighted by Crippen LogP contribution is -2.28. The first-order valence-electron chi connectivity index (χ1n) is 13.3. The number of fused-ring (bicyclic) bond motifs is 1. The molecule has 3 aromatic rings. The Morgan fingerprint density at radius 2 is 1.89 bits per heavy atom. The molecule has 0 aromatic heterocycles. The van der Waals surface area contributed by atoms with E-state index in [4.69, 9.17) is 4.74 Å². The summed E-state index contributed by atoms with van der Waals surface area (Å²) in [4.78, 5) is 32.8. The number of benzene rings is 3. The predicted octanol–water partition coefficient (Wildman–Crippen LogP) is 5.61. The number of hydrogen-bond acceptors (Lipinski definition) is 5. The number of likely N-dealkylation sites (tertiary alicyclic amines) is 1. The Morgan fingerprint density at radius 3 is 2.66 bits per heavy atom. The van der Waals surface area contributed by atoms with E-state index in [1.807, 2.05) is 43.3 Å². The van der Waals surface area contributed by atoms with E-state index in [1.54, 1.807) is 31.5 Å². The fourth-order valence-electron chi connectivity index (χ4n) is 5.07. The SMILES string of the molecule is COc1cccc([C@@H](C)NC(=O)c2ccc3c(c2)C(C=Nc2ccc(CN4CCCCC4)cc2)C(=O)N3)c1. The first-order chi connectivity index (χ1) is 18.5. The molecule has 2 amide bonds. The Labute approximate surface area is 223 Å². The van der Waals surface area contributed by atoms with E-state index in [0.717, 1.165) is 42.2 Å². The molecule has 38 heavy (non-hydrogen) atoms. The molecular weight excluding hydrogens is 476 g/mol. The second-order valence-corrected chi connectivity index (χ2v) is 10.0. The summed E-state index contributed by atoms with van der Waals surface area (Å²) < 4.78 is 5.29. The number of rotatable bonds is 8. The maximum Gasteiger partial charge on any atom is 0.251 e. The summed E-state index contributed by atoms with van der Waals surface area (Å²) in [7, 11) is 1.62. The van der Waals surface area contributed by atoms with Crippen molar-refractivity contribution in [2.24, 2.45) is 4.99 Å². The highest BCUT2D eigenvalue weighted by Crippen LogP contribution is 2.33. The van der Waals surface area contributed by atoms with Gasteiger partial charge in [-0.3, -0.25) is 19.5 Å². The molecule has 0 saturated carbocycles. The Morgan fingerprint density at radius 1 is 1.11 bits per heavy atom. The molecule has 1 fully saturated rings. The molecule has 0 radical (unpaired) electrons. The maximum atomic E-state index is 13.0. The summed E-state index contributed by atoms with van der Waals surface area (Å²) in [5.41, 5.74) is 4.98. The van der Waals surface area contributed by atoms with Gasteiger partial charge in [-0.2, -0.15) is 0 Å². The van der Waals surface area contributed by atoms with Crippen molar-refractivity contribution in [3.8, 4) is 5.75 Å². The van der Waals surface area contributed by atoms with Crippen LogP contribution in [0.1, 0.15) is 65.2 Å². The smallest absolute Gasteiger partial charge is 0.251 e. The van der Waals surface area contributed by atoms with Crippen molar-refractivity contribution in [2.45, 2.75) is 44.7 Å². The van der Waals surface area contributed by atoms with Crippen LogP contribution in [0.5, 0.6) is 5.75 Å². The van der Waals surface area contributed by atoms with Crippen LogP contribution in [0.15, 0.2) is 71.7 Å². The molecule has 7 nitrogen and oxygen atoms in total. The molecule has 196 valence electrons. The van der Waals surface area contributed by atoms with Crippen LogP contribution < -0.4 is 15.4 Å². The molecule has 0 aliphatic carbocycles. The highest BCUT2D eigenvalue weighted by Gasteiger charge is 2.30. The van der Waals surface area contributed by atoms with Crippen LogP contribution in [-0.4, -0.2) is 43.1 Å². The Hall–Kier alpha value is -3.97. The third-order valence-corrected chi connectivity index (χ3v) is 7.29. The lowest BCUT2D eigenvalue weighted by molar-refractivity contribution is -0.115. The molecule has 0 bridgehead atoms. The van der Waals surface area contributed by atoms with Gasteiger partial charge in [-0.1, -0.05) is 30.7 Å². The van der Waals surface area contributed by atoms with Crippen molar-refractivity contribution in [2.75, 3.05) is 25.5 Å². The minimum absolute atomic E-state index is 0.146. The summed E-state index contributed by atoms with van der Waals surface area (Å²) in [5.74, 6) is -0.165. The molecule has 5 rings (SSSR count). The Kier molecular flexibility index (Phi) is 7.84. The largest absolute Gasteiger partial charge is 0.497 e. The number of aliphatic imine (C=N–C) groups is 1. The second kappa shape index (κ2) is 11.6. The van der Waals surface area contributed by atoms with Crippen LogP contribution in [0.4, 0.5) is 11.4 Å². The van der Waals surface area contributed by atoms with Gasteiger partial charge in [0.25, 0.3) is 5.91 Å². The molecule has 2 heterocycles. The average Bonchev–Trinajstić information content (AvgIpc) is 3.27. The lowest BCUT2D eigenvalue weighted by atomic mass is 9.99. The fourth-order valence-corrected chi connectivity index (χ4v) is 5.07. The zero-order chi connectivity index (χ0) is 26.5. The van der Waals surface area contributed by atoms with Gasteiger partial charge in [0.15, 0.2) is 0 Å². The van der Waals surface area contributed by atoms with Crippen LogP contribution in [0.25, 0.3) is 0 Å². The number of nitrogens with zero attached hydrogens (tertiary/aromatic N) is 2. The number of carbonyl (C=O) groups excluding carboxylic acids is 2. The molecule has 7 heteroatoms. The van der Waals surface area contributed by atoms with Gasteiger partial charge in [-0.05, 0) is 92.0 Å². The number of ether oxygens (including phenoxy) is 1. The summed E-state index contributed by atoms with van der Waals surface area (Å²) in [6.07, 6.45) is 5.55. The van der Waals surface area contributed by atoms with Gasteiger partial charge in [0.05, 0.1) is 18.8 Å². The second-order valence-electron chi connectivity index (χ2n) is 10.0. The zero-order valence-corrected chi connectivity index (χ0v) is 21.9. The van der Waals surface area contributed by atoms with Crippen molar-refractivity contribution in [3.63, 3.8) is 0 Å². The van der Waals surface area contributed by atoms with Crippen molar-refractivity contribution in [3.05, 3.63) is 89.0 Å². The number of anilines is 1. The van der Waals surface area contributed by atoms with Crippen LogP contribution in [-0.2, 0) is 11.3 Å². The summed E-state index contributed by atoms with van der Waals surface area (Å²) >= 11 is 0. The van der Waals surface area contributed by atoms with Gasteiger partial charge in [-0.15, -0.1) is 0 Å². The van der Waals surface area contributed by atoms with E-state index < -0.39 is 5.92 Å². The number of amides is 2. The average molecular weight is 511 g/mol. The van der Waals surface area contributed by atoms with E-state index >= 15 is 0 Å². The fraction of sp³-hybridized carbons (Fsp3) is 0.323. The minimum Gasteiger partial charge on any atom is -0.497 e. The monoisotopic (exact) mass is 510 g/mol.